The molecule has 1 unspecified atom stereocenters. The van der Waals surface area contributed by atoms with E-state index in [9.17, 15) is 4.39 Å². The lowest BCUT2D eigenvalue weighted by Crippen LogP contribution is -2.28. The molecule has 0 aliphatic heterocycles. The largest absolute Gasteiger partial charge is 0.329 e. The molecular weight excluding hydrogens is 263 g/mol. The van der Waals surface area contributed by atoms with Crippen LogP contribution < -0.4 is 11.1 Å². The van der Waals surface area contributed by atoms with E-state index in [0.717, 1.165) is 5.56 Å². The fourth-order valence-corrected chi connectivity index (χ4v) is 2.12. The molecule has 0 aromatic heterocycles. The Morgan fingerprint density at radius 1 is 1.16 bits per heavy atom. The molecule has 2 aromatic carbocycles. The molecule has 0 fully saturated rings. The summed E-state index contributed by atoms with van der Waals surface area (Å²) >= 11 is 5.90. The molecule has 0 saturated heterocycles. The van der Waals surface area contributed by atoms with Gasteiger partial charge in [0.05, 0.1) is 0 Å². The van der Waals surface area contributed by atoms with Gasteiger partial charge in [0.25, 0.3) is 0 Å². The quantitative estimate of drug-likeness (QED) is 0.881. The summed E-state index contributed by atoms with van der Waals surface area (Å²) in [4.78, 5) is 0. The Morgan fingerprint density at radius 2 is 1.89 bits per heavy atom. The van der Waals surface area contributed by atoms with Gasteiger partial charge in [-0.2, -0.15) is 0 Å². The molecular formula is C15H16ClFN2. The van der Waals surface area contributed by atoms with Crippen molar-refractivity contribution in [3.05, 3.63) is 70.5 Å². The Labute approximate surface area is 117 Å². The lowest BCUT2D eigenvalue weighted by molar-refractivity contribution is 0.506. The Bertz CT molecular complexity index is 531. The van der Waals surface area contributed by atoms with E-state index in [1.54, 1.807) is 6.07 Å². The first-order valence-electron chi connectivity index (χ1n) is 6.13. The van der Waals surface area contributed by atoms with Crippen molar-refractivity contribution in [2.75, 3.05) is 6.54 Å². The van der Waals surface area contributed by atoms with Crippen LogP contribution in [0.15, 0.2) is 48.5 Å². The number of benzene rings is 2. The first kappa shape index (κ1) is 14.0. The van der Waals surface area contributed by atoms with Gasteiger partial charge in [0, 0.05) is 29.7 Å². The van der Waals surface area contributed by atoms with Crippen molar-refractivity contribution in [3.8, 4) is 0 Å². The highest BCUT2D eigenvalue weighted by atomic mass is 35.5. The molecule has 0 aliphatic rings. The normalized spacial score (nSPS) is 12.4. The zero-order valence-corrected chi connectivity index (χ0v) is 11.2. The SMILES string of the molecule is NCC(NCc1ccccc1)c1cc(Cl)ccc1F. The highest BCUT2D eigenvalue weighted by Crippen LogP contribution is 2.21. The zero-order valence-electron chi connectivity index (χ0n) is 10.4. The van der Waals surface area contributed by atoms with E-state index in [0.29, 0.717) is 23.7 Å². The number of rotatable bonds is 5. The first-order chi connectivity index (χ1) is 9.20. The molecule has 0 heterocycles. The summed E-state index contributed by atoms with van der Waals surface area (Å²) in [5.41, 5.74) is 7.35. The van der Waals surface area contributed by atoms with Crippen LogP contribution in [-0.2, 0) is 6.54 Å². The van der Waals surface area contributed by atoms with Gasteiger partial charge in [0.15, 0.2) is 0 Å². The maximum absolute atomic E-state index is 13.8. The van der Waals surface area contributed by atoms with Crippen molar-refractivity contribution in [1.29, 1.82) is 0 Å². The smallest absolute Gasteiger partial charge is 0.128 e. The summed E-state index contributed by atoms with van der Waals surface area (Å²) in [5, 5.41) is 3.76. The first-order valence-corrected chi connectivity index (χ1v) is 6.51. The van der Waals surface area contributed by atoms with Gasteiger partial charge in [0.1, 0.15) is 5.82 Å². The third-order valence-electron chi connectivity index (χ3n) is 2.96. The number of nitrogens with two attached hydrogens (primary N) is 1. The van der Waals surface area contributed by atoms with Crippen LogP contribution in [0.5, 0.6) is 0 Å². The minimum atomic E-state index is -0.291. The van der Waals surface area contributed by atoms with E-state index in [1.165, 1.54) is 12.1 Å². The molecule has 4 heteroatoms. The molecule has 2 nitrogen and oxygen atoms in total. The Balaban J connectivity index is 2.10. The standard InChI is InChI=1S/C15H16ClFN2/c16-12-6-7-14(17)13(8-12)15(9-18)19-10-11-4-2-1-3-5-11/h1-8,15,19H,9-10,18H2. The van der Waals surface area contributed by atoms with Crippen LogP contribution in [0.4, 0.5) is 4.39 Å². The molecule has 0 saturated carbocycles. The second kappa shape index (κ2) is 6.66. The maximum Gasteiger partial charge on any atom is 0.128 e. The molecule has 19 heavy (non-hydrogen) atoms. The summed E-state index contributed by atoms with van der Waals surface area (Å²) in [5.74, 6) is -0.291. The Morgan fingerprint density at radius 3 is 2.58 bits per heavy atom. The van der Waals surface area contributed by atoms with Crippen LogP contribution in [0.1, 0.15) is 17.2 Å². The van der Waals surface area contributed by atoms with Crippen molar-refractivity contribution in [2.45, 2.75) is 12.6 Å². The van der Waals surface area contributed by atoms with E-state index < -0.39 is 0 Å². The van der Waals surface area contributed by atoms with Gasteiger partial charge in [-0.1, -0.05) is 41.9 Å². The van der Waals surface area contributed by atoms with Crippen molar-refractivity contribution >= 4 is 11.6 Å². The summed E-state index contributed by atoms with van der Waals surface area (Å²) < 4.78 is 13.8. The fourth-order valence-electron chi connectivity index (χ4n) is 1.94. The Hall–Kier alpha value is -1.42. The van der Waals surface area contributed by atoms with Gasteiger partial charge >= 0.3 is 0 Å². The van der Waals surface area contributed by atoms with Crippen molar-refractivity contribution in [3.63, 3.8) is 0 Å². The highest BCUT2D eigenvalue weighted by molar-refractivity contribution is 6.30. The second-order valence-electron chi connectivity index (χ2n) is 4.32. The van der Waals surface area contributed by atoms with Gasteiger partial charge in [-0.15, -0.1) is 0 Å². The molecule has 0 spiro atoms. The second-order valence-corrected chi connectivity index (χ2v) is 4.76. The van der Waals surface area contributed by atoms with E-state index in [-0.39, 0.29) is 11.9 Å². The minimum Gasteiger partial charge on any atom is -0.329 e. The molecule has 3 N–H and O–H groups in total. The molecule has 2 aromatic rings. The highest BCUT2D eigenvalue weighted by Gasteiger charge is 2.14. The van der Waals surface area contributed by atoms with E-state index >= 15 is 0 Å². The van der Waals surface area contributed by atoms with Crippen LogP contribution in [-0.4, -0.2) is 6.54 Å². The van der Waals surface area contributed by atoms with Crippen LogP contribution in [0.2, 0.25) is 5.02 Å². The van der Waals surface area contributed by atoms with Crippen LogP contribution in [0, 0.1) is 5.82 Å². The predicted molar refractivity (Wildman–Crippen MR) is 76.5 cm³/mol. The average molecular weight is 279 g/mol. The summed E-state index contributed by atoms with van der Waals surface area (Å²) in [6, 6.07) is 14.2. The summed E-state index contributed by atoms with van der Waals surface area (Å²) in [6.45, 7) is 0.943. The molecule has 0 amide bonds. The zero-order chi connectivity index (χ0) is 13.7. The topological polar surface area (TPSA) is 38.0 Å². The van der Waals surface area contributed by atoms with Crippen LogP contribution in [0.25, 0.3) is 0 Å². The van der Waals surface area contributed by atoms with Gasteiger partial charge in [0.2, 0.25) is 0 Å². The fraction of sp³-hybridized carbons (Fsp3) is 0.200. The molecule has 0 aliphatic carbocycles. The van der Waals surface area contributed by atoms with E-state index in [2.05, 4.69) is 5.32 Å². The van der Waals surface area contributed by atoms with Gasteiger partial charge in [-0.3, -0.25) is 0 Å². The number of hydrogen-bond acceptors (Lipinski definition) is 2. The summed E-state index contributed by atoms with van der Waals surface area (Å²) in [7, 11) is 0. The van der Waals surface area contributed by atoms with Crippen molar-refractivity contribution < 1.29 is 4.39 Å². The molecule has 100 valence electrons. The number of nitrogens with one attached hydrogen (secondary N) is 1. The van der Waals surface area contributed by atoms with Crippen LogP contribution in [0.3, 0.4) is 0 Å². The van der Waals surface area contributed by atoms with Gasteiger partial charge in [-0.05, 0) is 23.8 Å². The average Bonchev–Trinajstić information content (AvgIpc) is 2.44. The van der Waals surface area contributed by atoms with E-state index in [1.807, 2.05) is 30.3 Å². The molecule has 0 radical (unpaired) electrons. The number of halogens is 2. The monoisotopic (exact) mass is 278 g/mol. The number of hydrogen-bond donors (Lipinski definition) is 2. The molecule has 1 atom stereocenters. The lowest BCUT2D eigenvalue weighted by atomic mass is 10.1. The van der Waals surface area contributed by atoms with Crippen molar-refractivity contribution in [2.24, 2.45) is 5.73 Å². The predicted octanol–water partition coefficient (Wildman–Crippen LogP) is 3.27. The third-order valence-corrected chi connectivity index (χ3v) is 3.20. The molecule has 0 bridgehead atoms. The van der Waals surface area contributed by atoms with Gasteiger partial charge in [-0.25, -0.2) is 4.39 Å². The molecule has 2 rings (SSSR count). The lowest BCUT2D eigenvalue weighted by Gasteiger charge is -2.18. The van der Waals surface area contributed by atoms with Gasteiger partial charge < -0.3 is 11.1 Å². The minimum absolute atomic E-state index is 0.251. The maximum atomic E-state index is 13.8. The summed E-state index contributed by atoms with van der Waals surface area (Å²) in [6.07, 6.45) is 0. The van der Waals surface area contributed by atoms with Crippen LogP contribution >= 0.6 is 11.6 Å². The van der Waals surface area contributed by atoms with Crippen molar-refractivity contribution in [1.82, 2.24) is 5.32 Å². The third kappa shape index (κ3) is 3.77. The Kier molecular flexibility index (Phi) is 4.91. The van der Waals surface area contributed by atoms with E-state index in [4.69, 9.17) is 17.3 Å².